The van der Waals surface area contributed by atoms with Crippen molar-refractivity contribution in [3.63, 3.8) is 0 Å². The van der Waals surface area contributed by atoms with E-state index in [1.807, 2.05) is 10.6 Å². The molecule has 0 bridgehead atoms. The molecule has 4 nitrogen and oxygen atoms in total. The van der Waals surface area contributed by atoms with E-state index in [1.165, 1.54) is 0 Å². The molecule has 1 aromatic carbocycles. The van der Waals surface area contributed by atoms with Gasteiger partial charge in [0, 0.05) is 22.1 Å². The number of benzene rings is 1. The summed E-state index contributed by atoms with van der Waals surface area (Å²) in [5.41, 5.74) is 1.94. The highest BCUT2D eigenvalue weighted by molar-refractivity contribution is 9.10. The maximum atomic E-state index is 12.6. The third-order valence-electron chi connectivity index (χ3n) is 3.97. The topological polar surface area (TPSA) is 48.3 Å². The van der Waals surface area contributed by atoms with Crippen LogP contribution in [0.3, 0.4) is 0 Å². The summed E-state index contributed by atoms with van der Waals surface area (Å²) >= 11 is 3.45. The number of carbonyl (C=O) groups excluding carboxylic acids is 1. The van der Waals surface area contributed by atoms with Crippen molar-refractivity contribution in [2.75, 3.05) is 6.61 Å². The summed E-state index contributed by atoms with van der Waals surface area (Å²) in [5.74, 6) is -0.549. The van der Waals surface area contributed by atoms with Gasteiger partial charge in [-0.05, 0) is 44.4 Å². The van der Waals surface area contributed by atoms with Crippen LogP contribution < -0.4 is 5.43 Å². The van der Waals surface area contributed by atoms with E-state index in [9.17, 15) is 9.59 Å². The average molecular weight is 350 g/mol. The Morgan fingerprint density at radius 1 is 1.48 bits per heavy atom. The number of halogens is 1. The zero-order valence-electron chi connectivity index (χ0n) is 12.0. The molecule has 0 spiro atoms. The summed E-state index contributed by atoms with van der Waals surface area (Å²) in [5, 5.41) is 0.580. The zero-order chi connectivity index (χ0) is 15.1. The Labute approximate surface area is 130 Å². The SMILES string of the molecule is CCOC(=O)c1cn2c3c(cc(Br)cc3c1=O)CCC2C. The standard InChI is InChI=1S/C16H16BrNO3/c1-3-21-16(20)13-8-18-9(2)4-5-10-6-11(17)7-12(14(10)18)15(13)19/h6-9H,3-5H2,1-2H3. The summed E-state index contributed by atoms with van der Waals surface area (Å²) in [6.07, 6.45) is 3.59. The van der Waals surface area contributed by atoms with Crippen molar-refractivity contribution in [3.05, 3.63) is 44.2 Å². The number of nitrogens with zero attached hydrogens (tertiary/aromatic N) is 1. The first-order valence-electron chi connectivity index (χ1n) is 7.07. The van der Waals surface area contributed by atoms with Gasteiger partial charge in [-0.1, -0.05) is 15.9 Å². The van der Waals surface area contributed by atoms with Gasteiger partial charge >= 0.3 is 5.97 Å². The molecule has 21 heavy (non-hydrogen) atoms. The van der Waals surface area contributed by atoms with Crippen molar-refractivity contribution in [3.8, 4) is 0 Å². The lowest BCUT2D eigenvalue weighted by Gasteiger charge is -2.26. The molecule has 1 atom stereocenters. The molecule has 0 N–H and O–H groups in total. The predicted molar refractivity (Wildman–Crippen MR) is 84.9 cm³/mol. The van der Waals surface area contributed by atoms with Crippen molar-refractivity contribution >= 4 is 32.8 Å². The highest BCUT2D eigenvalue weighted by Gasteiger charge is 2.23. The van der Waals surface area contributed by atoms with E-state index in [0.717, 1.165) is 28.4 Å². The molecule has 0 fully saturated rings. The van der Waals surface area contributed by atoms with E-state index in [4.69, 9.17) is 4.74 Å². The van der Waals surface area contributed by atoms with Gasteiger partial charge in [-0.2, -0.15) is 0 Å². The smallest absolute Gasteiger partial charge is 0.343 e. The normalized spacial score (nSPS) is 17.0. The Hall–Kier alpha value is -1.62. The van der Waals surface area contributed by atoms with Gasteiger partial charge in [0.25, 0.3) is 0 Å². The van der Waals surface area contributed by atoms with Crippen LogP contribution in [-0.4, -0.2) is 17.1 Å². The number of aromatic nitrogens is 1. The minimum Gasteiger partial charge on any atom is -0.462 e. The summed E-state index contributed by atoms with van der Waals surface area (Å²) in [7, 11) is 0. The predicted octanol–water partition coefficient (Wildman–Crippen LogP) is 3.45. The van der Waals surface area contributed by atoms with Gasteiger partial charge in [0.1, 0.15) is 5.56 Å². The largest absolute Gasteiger partial charge is 0.462 e. The molecular formula is C16H16BrNO3. The molecule has 0 saturated carbocycles. The molecule has 1 aliphatic rings. The number of rotatable bonds is 2. The average Bonchev–Trinajstić information content (AvgIpc) is 2.45. The van der Waals surface area contributed by atoms with Crippen LogP contribution in [0.25, 0.3) is 10.9 Å². The molecule has 1 aliphatic heterocycles. The minimum atomic E-state index is -0.549. The van der Waals surface area contributed by atoms with Gasteiger partial charge in [-0.15, -0.1) is 0 Å². The number of hydrogen-bond acceptors (Lipinski definition) is 3. The second-order valence-corrected chi connectivity index (χ2v) is 6.26. The summed E-state index contributed by atoms with van der Waals surface area (Å²) < 4.78 is 7.91. The Morgan fingerprint density at radius 2 is 2.24 bits per heavy atom. The number of esters is 1. The molecule has 5 heteroatoms. The summed E-state index contributed by atoms with van der Waals surface area (Å²) in [4.78, 5) is 24.6. The Kier molecular flexibility index (Phi) is 3.61. The van der Waals surface area contributed by atoms with E-state index >= 15 is 0 Å². The van der Waals surface area contributed by atoms with Crippen LogP contribution in [0, 0.1) is 0 Å². The fourth-order valence-electron chi connectivity index (χ4n) is 2.94. The van der Waals surface area contributed by atoms with Crippen LogP contribution >= 0.6 is 15.9 Å². The maximum absolute atomic E-state index is 12.6. The van der Waals surface area contributed by atoms with Crippen molar-refractivity contribution in [2.45, 2.75) is 32.7 Å². The highest BCUT2D eigenvalue weighted by Crippen LogP contribution is 2.32. The monoisotopic (exact) mass is 349 g/mol. The molecule has 0 amide bonds. The fourth-order valence-corrected chi connectivity index (χ4v) is 3.44. The number of ether oxygens (including phenoxy) is 1. The van der Waals surface area contributed by atoms with Crippen molar-refractivity contribution < 1.29 is 9.53 Å². The number of carbonyl (C=O) groups is 1. The lowest BCUT2D eigenvalue weighted by molar-refractivity contribution is 0.0524. The van der Waals surface area contributed by atoms with Gasteiger partial charge in [-0.3, -0.25) is 4.79 Å². The molecule has 2 aromatic rings. The first-order chi connectivity index (χ1) is 10.0. The molecule has 0 saturated heterocycles. The molecule has 1 aromatic heterocycles. The first-order valence-corrected chi connectivity index (χ1v) is 7.86. The van der Waals surface area contributed by atoms with Gasteiger partial charge in [0.05, 0.1) is 12.1 Å². The quantitative estimate of drug-likeness (QED) is 0.780. The van der Waals surface area contributed by atoms with Gasteiger partial charge < -0.3 is 9.30 Å². The third kappa shape index (κ3) is 2.29. The molecule has 0 aliphatic carbocycles. The molecule has 2 heterocycles. The van der Waals surface area contributed by atoms with Crippen LogP contribution in [0.5, 0.6) is 0 Å². The Bertz CT molecular complexity index is 794. The third-order valence-corrected chi connectivity index (χ3v) is 4.43. The second kappa shape index (κ2) is 5.30. The van der Waals surface area contributed by atoms with E-state index in [-0.39, 0.29) is 23.6 Å². The van der Waals surface area contributed by atoms with Gasteiger partial charge in [0.15, 0.2) is 0 Å². The Morgan fingerprint density at radius 3 is 2.95 bits per heavy atom. The van der Waals surface area contributed by atoms with Crippen molar-refractivity contribution in [1.82, 2.24) is 4.57 Å². The molecule has 0 radical (unpaired) electrons. The van der Waals surface area contributed by atoms with E-state index in [0.29, 0.717) is 5.39 Å². The zero-order valence-corrected chi connectivity index (χ0v) is 13.6. The van der Waals surface area contributed by atoms with E-state index in [1.54, 1.807) is 19.2 Å². The number of hydrogen-bond donors (Lipinski definition) is 0. The summed E-state index contributed by atoms with van der Waals surface area (Å²) in [6.45, 7) is 4.09. The van der Waals surface area contributed by atoms with Crippen molar-refractivity contribution in [2.24, 2.45) is 0 Å². The number of aryl methyl sites for hydroxylation is 1. The Balaban J connectivity index is 2.38. The van der Waals surface area contributed by atoms with E-state index in [2.05, 4.69) is 22.9 Å². The van der Waals surface area contributed by atoms with E-state index < -0.39 is 5.97 Å². The van der Waals surface area contributed by atoms with Crippen LogP contribution in [0.4, 0.5) is 0 Å². The first kappa shape index (κ1) is 14.3. The summed E-state index contributed by atoms with van der Waals surface area (Å²) in [6, 6.07) is 4.10. The van der Waals surface area contributed by atoms with Gasteiger partial charge in [0.2, 0.25) is 5.43 Å². The fraction of sp³-hybridized carbons (Fsp3) is 0.375. The highest BCUT2D eigenvalue weighted by atomic mass is 79.9. The van der Waals surface area contributed by atoms with Crippen LogP contribution in [0.1, 0.15) is 42.2 Å². The molecular weight excluding hydrogens is 334 g/mol. The lowest BCUT2D eigenvalue weighted by atomic mass is 9.96. The maximum Gasteiger partial charge on any atom is 0.343 e. The van der Waals surface area contributed by atoms with Gasteiger partial charge in [-0.25, -0.2) is 4.79 Å². The van der Waals surface area contributed by atoms with Crippen LogP contribution in [0.2, 0.25) is 0 Å². The second-order valence-electron chi connectivity index (χ2n) is 5.35. The molecule has 110 valence electrons. The van der Waals surface area contributed by atoms with Crippen LogP contribution in [-0.2, 0) is 11.2 Å². The lowest BCUT2D eigenvalue weighted by Crippen LogP contribution is -2.24. The molecule has 1 unspecified atom stereocenters. The number of pyridine rings is 1. The molecule has 3 rings (SSSR count). The minimum absolute atomic E-state index is 0.113. The van der Waals surface area contributed by atoms with Crippen molar-refractivity contribution in [1.29, 1.82) is 0 Å². The van der Waals surface area contributed by atoms with Crippen LogP contribution in [0.15, 0.2) is 27.6 Å².